The molecule has 2 saturated heterocycles. The summed E-state index contributed by atoms with van der Waals surface area (Å²) in [6.07, 6.45) is 7.43. The lowest BCUT2D eigenvalue weighted by Gasteiger charge is -2.32. The Morgan fingerprint density at radius 2 is 1.89 bits per heavy atom. The van der Waals surface area contributed by atoms with Gasteiger partial charge in [-0.25, -0.2) is 0 Å². The van der Waals surface area contributed by atoms with Crippen molar-refractivity contribution in [2.45, 2.75) is 141 Å². The average molecular weight is 771 g/mol. The number of allylic oxidation sites excluding steroid dienone is 2. The van der Waals surface area contributed by atoms with E-state index in [1.165, 1.54) is 6.92 Å². The maximum absolute atomic E-state index is 13.0. The first-order valence-electron chi connectivity index (χ1n) is 19.9. The van der Waals surface area contributed by atoms with E-state index in [0.29, 0.717) is 12.1 Å². The second-order valence-corrected chi connectivity index (χ2v) is 16.0. The predicted molar refractivity (Wildman–Crippen MR) is 211 cm³/mol. The fraction of sp³-hybridized carbons (Fsp3) is 0.674. The van der Waals surface area contributed by atoms with Gasteiger partial charge in [0.25, 0.3) is 0 Å². The highest BCUT2D eigenvalue weighted by atomic mass is 16.6. The van der Waals surface area contributed by atoms with Gasteiger partial charge in [-0.3, -0.25) is 9.59 Å². The molecule has 2 fully saturated rings. The Labute approximate surface area is 327 Å². The molecule has 0 spiro atoms. The molecule has 308 valence electrons. The minimum atomic E-state index is -1.46. The highest BCUT2D eigenvalue weighted by molar-refractivity contribution is 5.70. The fourth-order valence-electron chi connectivity index (χ4n) is 7.73. The molecule has 0 bridgehead atoms. The molecule has 1 aromatic carbocycles. The van der Waals surface area contributed by atoms with Gasteiger partial charge in [0.15, 0.2) is 0 Å². The Morgan fingerprint density at radius 3 is 2.56 bits per heavy atom. The van der Waals surface area contributed by atoms with Gasteiger partial charge in [-0.15, -0.1) is 0 Å². The van der Waals surface area contributed by atoms with Crippen LogP contribution in [0.5, 0.6) is 0 Å². The Morgan fingerprint density at radius 1 is 1.16 bits per heavy atom. The molecule has 55 heavy (non-hydrogen) atoms. The Balaban J connectivity index is 1.55. The first kappa shape index (κ1) is 44.6. The number of epoxide rings is 1. The summed E-state index contributed by atoms with van der Waals surface area (Å²) in [5.41, 5.74) is 0.133. The van der Waals surface area contributed by atoms with Crippen LogP contribution in [0, 0.1) is 11.8 Å². The minimum Gasteiger partial charge on any atom is -0.457 e. The Hall–Kier alpha value is -3.10. The van der Waals surface area contributed by atoms with Gasteiger partial charge in [0.05, 0.1) is 43.0 Å². The molecule has 3 unspecified atom stereocenters. The lowest BCUT2D eigenvalue weighted by atomic mass is 9.87. The number of hydrogen-bond acceptors (Lipinski definition) is 12. The van der Waals surface area contributed by atoms with Gasteiger partial charge in [-0.2, -0.15) is 0 Å². The summed E-state index contributed by atoms with van der Waals surface area (Å²) in [7, 11) is 1.72. The number of carbonyl (C=O) groups excluding carboxylic acids is 2. The van der Waals surface area contributed by atoms with E-state index in [9.17, 15) is 24.9 Å². The molecule has 1 aromatic rings. The topological polar surface area (TPSA) is 160 Å². The van der Waals surface area contributed by atoms with E-state index < -0.39 is 47.5 Å². The van der Waals surface area contributed by atoms with Crippen molar-refractivity contribution in [2.24, 2.45) is 11.8 Å². The number of esters is 2. The predicted octanol–water partition coefficient (Wildman–Crippen LogP) is 4.79. The highest BCUT2D eigenvalue weighted by Crippen LogP contribution is 2.39. The molecule has 3 aliphatic rings. The molecule has 4 rings (SSSR count). The number of nitrogens with one attached hydrogen (secondary N) is 1. The van der Waals surface area contributed by atoms with Crippen LogP contribution in [-0.4, -0.2) is 115 Å². The van der Waals surface area contributed by atoms with Crippen LogP contribution in [0.25, 0.3) is 0 Å². The van der Waals surface area contributed by atoms with Crippen molar-refractivity contribution in [3.8, 4) is 0 Å². The van der Waals surface area contributed by atoms with Gasteiger partial charge in [-0.05, 0) is 75.8 Å². The average Bonchev–Trinajstić information content (AvgIpc) is 3.96. The first-order chi connectivity index (χ1) is 26.1. The molecule has 0 aliphatic carbocycles. The number of nitrogens with zero attached hydrogens (tertiary/aromatic N) is 1. The van der Waals surface area contributed by atoms with Crippen LogP contribution >= 0.6 is 0 Å². The van der Waals surface area contributed by atoms with Crippen LogP contribution in [0.2, 0.25) is 0 Å². The molecule has 0 aromatic heterocycles. The summed E-state index contributed by atoms with van der Waals surface area (Å²) in [4.78, 5) is 27.2. The van der Waals surface area contributed by atoms with Crippen molar-refractivity contribution < 1.29 is 48.6 Å². The zero-order chi connectivity index (χ0) is 40.3. The Bertz CT molecular complexity index is 1460. The number of aliphatic hydroxyl groups is 3. The monoisotopic (exact) mass is 770 g/mol. The van der Waals surface area contributed by atoms with Crippen LogP contribution < -0.4 is 10.2 Å². The van der Waals surface area contributed by atoms with Crippen LogP contribution in [0.15, 0.2) is 60.2 Å². The smallest absolute Gasteiger partial charge is 0.309 e. The summed E-state index contributed by atoms with van der Waals surface area (Å²) >= 11 is 0. The summed E-state index contributed by atoms with van der Waals surface area (Å²) in [6, 6.07) is 8.04. The first-order valence-corrected chi connectivity index (χ1v) is 19.9. The van der Waals surface area contributed by atoms with Crippen LogP contribution in [0.1, 0.15) is 86.1 Å². The van der Waals surface area contributed by atoms with Crippen LogP contribution in [-0.2, 0) is 39.8 Å². The third-order valence-corrected chi connectivity index (χ3v) is 11.2. The summed E-state index contributed by atoms with van der Waals surface area (Å²) < 4.78 is 29.0. The van der Waals surface area contributed by atoms with Gasteiger partial charge in [0.1, 0.15) is 23.9 Å². The SMILES string of the molecule is CC[C@H](OC)[C@@H](C)C1O[C@@H]1C(NCc1ccc(N2CCCOCC2)cc1)C(C)(O)/C=C/C=C(\C)[C@H]1OC(=O)C[C@H](O)CC[C@@](C)(O)[C@@H](OC(C)=O)/C=C/[C@@H]1C. The number of aliphatic hydroxyl groups excluding tert-OH is 1. The standard InChI is InChI=1S/C43H66N2O10/c1-9-35(51-8)30(4)39-40(55-39)41(44-27-32-14-16-33(17-15-32)45-22-11-24-52-25-23-45)43(7,50)20-10-12-28(2)38-29(3)13-18-36(53-31(5)46)42(6,49)21-19-34(47)26-37(48)54-38/h10,12-18,20,29-30,34-36,38-41,44,47,49-50H,9,11,19,21-27H2,1-8H3/b18-13+,20-10+,28-12+/t29-,30+,34+,35-,36-,38+,39?,40-,41?,42+,43?/m0/s1. The van der Waals surface area contributed by atoms with Gasteiger partial charge in [0.2, 0.25) is 0 Å². The van der Waals surface area contributed by atoms with E-state index in [2.05, 4.69) is 48.3 Å². The Kier molecular flexibility index (Phi) is 16.5. The van der Waals surface area contributed by atoms with Gasteiger partial charge in [-0.1, -0.05) is 57.2 Å². The van der Waals surface area contributed by atoms with Crippen molar-refractivity contribution >= 4 is 17.6 Å². The minimum absolute atomic E-state index is 0.0277. The molecule has 0 radical (unpaired) electrons. The highest BCUT2D eigenvalue weighted by Gasteiger charge is 2.54. The maximum Gasteiger partial charge on any atom is 0.309 e. The molecule has 0 amide bonds. The molecule has 4 N–H and O–H groups in total. The number of ether oxygens (including phenoxy) is 5. The number of rotatable bonds is 14. The van der Waals surface area contributed by atoms with E-state index in [-0.39, 0.29) is 49.4 Å². The number of carbonyl (C=O) groups is 2. The molecular formula is C43H66N2O10. The summed E-state index contributed by atoms with van der Waals surface area (Å²) in [5, 5.41) is 37.4. The number of methoxy groups -OCH3 is 1. The van der Waals surface area contributed by atoms with Gasteiger partial charge < -0.3 is 49.2 Å². The zero-order valence-electron chi connectivity index (χ0n) is 34.1. The third kappa shape index (κ3) is 13.0. The molecule has 12 heteroatoms. The maximum atomic E-state index is 13.0. The third-order valence-electron chi connectivity index (χ3n) is 11.2. The van der Waals surface area contributed by atoms with Crippen molar-refractivity contribution in [2.75, 3.05) is 38.3 Å². The molecule has 3 heterocycles. The lowest BCUT2D eigenvalue weighted by molar-refractivity contribution is -0.157. The number of hydrogen-bond donors (Lipinski definition) is 4. The van der Waals surface area contributed by atoms with E-state index >= 15 is 0 Å². The molecule has 11 atom stereocenters. The van der Waals surface area contributed by atoms with Crippen molar-refractivity contribution in [1.82, 2.24) is 5.32 Å². The normalized spacial score (nSPS) is 31.9. The van der Waals surface area contributed by atoms with E-state index in [4.69, 9.17) is 23.7 Å². The van der Waals surface area contributed by atoms with Crippen LogP contribution in [0.4, 0.5) is 5.69 Å². The molecule has 3 aliphatic heterocycles. The second-order valence-electron chi connectivity index (χ2n) is 16.0. The van der Waals surface area contributed by atoms with Crippen molar-refractivity contribution in [1.29, 1.82) is 0 Å². The van der Waals surface area contributed by atoms with Gasteiger partial charge >= 0.3 is 11.9 Å². The second kappa shape index (κ2) is 20.4. The number of benzene rings is 1. The van der Waals surface area contributed by atoms with Gasteiger partial charge in [0, 0.05) is 57.8 Å². The van der Waals surface area contributed by atoms with E-state index in [1.54, 1.807) is 51.3 Å². The quantitative estimate of drug-likeness (QED) is 0.0889. The molecule has 12 nitrogen and oxygen atoms in total. The fourth-order valence-corrected chi connectivity index (χ4v) is 7.73. The largest absolute Gasteiger partial charge is 0.457 e. The van der Waals surface area contributed by atoms with Crippen molar-refractivity contribution in [3.63, 3.8) is 0 Å². The number of anilines is 1. The van der Waals surface area contributed by atoms with Crippen molar-refractivity contribution in [3.05, 3.63) is 65.8 Å². The van der Waals surface area contributed by atoms with Crippen LogP contribution in [0.3, 0.4) is 0 Å². The zero-order valence-corrected chi connectivity index (χ0v) is 34.1. The lowest BCUT2D eigenvalue weighted by Crippen LogP contribution is -2.52. The molecule has 0 saturated carbocycles. The summed E-state index contributed by atoms with van der Waals surface area (Å²) in [5.74, 6) is -1.38. The van der Waals surface area contributed by atoms with E-state index in [1.807, 2.05) is 13.8 Å². The summed E-state index contributed by atoms with van der Waals surface area (Å²) in [6.45, 7) is 16.3. The molecular weight excluding hydrogens is 704 g/mol. The van der Waals surface area contributed by atoms with E-state index in [0.717, 1.165) is 50.4 Å². The number of cyclic esters (lactones) is 1.